The highest BCUT2D eigenvalue weighted by molar-refractivity contribution is 6.02. The van der Waals surface area contributed by atoms with Crippen molar-refractivity contribution in [1.82, 2.24) is 15.7 Å². The van der Waals surface area contributed by atoms with E-state index in [0.29, 0.717) is 22.9 Å². The molecular weight excluding hydrogens is 680 g/mol. The molecule has 0 radical (unpaired) electrons. The summed E-state index contributed by atoms with van der Waals surface area (Å²) in [6, 6.07) is 23.8. The third-order valence-corrected chi connectivity index (χ3v) is 8.68. The van der Waals surface area contributed by atoms with Gasteiger partial charge in [-0.05, 0) is 35.7 Å². The van der Waals surface area contributed by atoms with Gasteiger partial charge in [0.2, 0.25) is 17.7 Å². The number of benzene rings is 3. The molecule has 0 saturated carbocycles. The number of para-hydroxylation sites is 1. The molecule has 0 spiro atoms. The van der Waals surface area contributed by atoms with Gasteiger partial charge in [0, 0.05) is 62.0 Å². The molecule has 1 saturated heterocycles. The van der Waals surface area contributed by atoms with Crippen molar-refractivity contribution in [2.45, 2.75) is 57.9 Å². The first-order valence-electron chi connectivity index (χ1n) is 17.2. The molecule has 2 aliphatic heterocycles. The number of rotatable bonds is 16. The molecule has 13 nitrogen and oxygen atoms in total. The molecule has 5 rings (SSSR count). The third kappa shape index (κ3) is 10.8. The van der Waals surface area contributed by atoms with Crippen molar-refractivity contribution in [3.8, 4) is 11.8 Å². The van der Waals surface area contributed by atoms with E-state index in [1.54, 1.807) is 35.2 Å². The van der Waals surface area contributed by atoms with Crippen LogP contribution in [0, 0.1) is 17.8 Å². The number of carbonyl (C=O) groups excluding carboxylic acids is 8. The van der Waals surface area contributed by atoms with Crippen LogP contribution in [0.3, 0.4) is 0 Å². The summed E-state index contributed by atoms with van der Waals surface area (Å²) in [5.74, 6) is 0.893. The van der Waals surface area contributed by atoms with E-state index in [-0.39, 0.29) is 69.6 Å². The van der Waals surface area contributed by atoms with Crippen LogP contribution in [0.5, 0.6) is 0 Å². The zero-order valence-electron chi connectivity index (χ0n) is 28.9. The topological polar surface area (TPSA) is 176 Å². The molecule has 3 aromatic carbocycles. The second-order valence-corrected chi connectivity index (χ2v) is 12.6. The number of hydrogen-bond donors (Lipinski definition) is 2. The van der Waals surface area contributed by atoms with Crippen LogP contribution in [0.4, 0.5) is 5.69 Å². The first-order valence-corrected chi connectivity index (χ1v) is 17.2. The molecule has 0 bridgehead atoms. The predicted octanol–water partition coefficient (Wildman–Crippen LogP) is 2.72. The maximum atomic E-state index is 13.4. The van der Waals surface area contributed by atoms with E-state index in [1.165, 1.54) is 0 Å². The van der Waals surface area contributed by atoms with Gasteiger partial charge in [-0.15, -0.1) is 5.06 Å². The van der Waals surface area contributed by atoms with Crippen LogP contribution in [0.1, 0.15) is 67.2 Å². The summed E-state index contributed by atoms with van der Waals surface area (Å²) in [4.78, 5) is 107. The molecule has 13 heteroatoms. The Morgan fingerprint density at radius 2 is 1.34 bits per heavy atom. The number of imide groups is 1. The van der Waals surface area contributed by atoms with Gasteiger partial charge in [-0.1, -0.05) is 72.5 Å². The summed E-state index contributed by atoms with van der Waals surface area (Å²) < 4.78 is 0. The number of anilines is 1. The highest BCUT2D eigenvalue weighted by atomic mass is 16.7. The summed E-state index contributed by atoms with van der Waals surface area (Å²) in [5, 5.41) is 5.26. The minimum absolute atomic E-state index is 0.0556. The van der Waals surface area contributed by atoms with Crippen LogP contribution in [-0.4, -0.2) is 65.2 Å². The van der Waals surface area contributed by atoms with Crippen LogP contribution in [0.15, 0.2) is 78.9 Å². The van der Waals surface area contributed by atoms with Gasteiger partial charge in [-0.2, -0.15) is 0 Å². The fourth-order valence-corrected chi connectivity index (χ4v) is 5.85. The number of nitrogens with zero attached hydrogens (tertiary/aromatic N) is 2. The summed E-state index contributed by atoms with van der Waals surface area (Å²) in [5.41, 5.74) is 3.84. The Labute approximate surface area is 306 Å². The normalized spacial score (nSPS) is 13.7. The second kappa shape index (κ2) is 18.2. The van der Waals surface area contributed by atoms with Crippen molar-refractivity contribution >= 4 is 52.8 Å². The zero-order chi connectivity index (χ0) is 37.7. The molecule has 2 N–H and O–H groups in total. The van der Waals surface area contributed by atoms with Gasteiger partial charge in [0.15, 0.2) is 5.78 Å². The molecule has 2 heterocycles. The summed E-state index contributed by atoms with van der Waals surface area (Å²) in [7, 11) is 0. The Bertz CT molecular complexity index is 1970. The lowest BCUT2D eigenvalue weighted by Gasteiger charge is -2.26. The molecular formula is C40H38N4O9. The van der Waals surface area contributed by atoms with E-state index in [4.69, 9.17) is 4.84 Å². The number of amides is 5. The molecule has 0 aliphatic carbocycles. The maximum absolute atomic E-state index is 13.4. The van der Waals surface area contributed by atoms with E-state index in [2.05, 4.69) is 22.5 Å². The first-order chi connectivity index (χ1) is 25.6. The summed E-state index contributed by atoms with van der Waals surface area (Å²) >= 11 is 0. The number of hydroxylamine groups is 2. The number of hydrogen-bond acceptors (Lipinski definition) is 9. The molecule has 1 atom stereocenters. The quantitative estimate of drug-likeness (QED) is 0.167. The largest absolute Gasteiger partial charge is 0.352 e. The lowest BCUT2D eigenvalue weighted by atomic mass is 9.93. The highest BCUT2D eigenvalue weighted by Gasteiger charge is 2.33. The fourth-order valence-electron chi connectivity index (χ4n) is 5.85. The van der Waals surface area contributed by atoms with Crippen molar-refractivity contribution in [2.75, 3.05) is 18.0 Å². The van der Waals surface area contributed by atoms with Crippen LogP contribution >= 0.6 is 0 Å². The van der Waals surface area contributed by atoms with E-state index in [0.717, 1.165) is 16.7 Å². The Morgan fingerprint density at radius 1 is 0.698 bits per heavy atom. The summed E-state index contributed by atoms with van der Waals surface area (Å²) in [6.45, 7) is -0.724. The minimum atomic E-state index is -1.03. The molecule has 3 aromatic rings. The number of carbonyl (C=O) groups is 8. The van der Waals surface area contributed by atoms with Gasteiger partial charge >= 0.3 is 5.97 Å². The van der Waals surface area contributed by atoms with Crippen LogP contribution in [-0.2, 0) is 56.2 Å². The molecule has 1 fully saturated rings. The van der Waals surface area contributed by atoms with E-state index in [1.807, 2.05) is 48.5 Å². The Hall–Kier alpha value is -6.42. The average molecular weight is 719 g/mol. The number of fused-ring (bicyclic) bond motifs is 2. The Balaban J connectivity index is 1.07. The Kier molecular flexibility index (Phi) is 13.0. The van der Waals surface area contributed by atoms with Crippen LogP contribution < -0.4 is 15.5 Å². The van der Waals surface area contributed by atoms with Crippen molar-refractivity contribution in [3.63, 3.8) is 0 Å². The Morgan fingerprint density at radius 3 is 2.09 bits per heavy atom. The molecule has 0 aromatic heterocycles. The smallest absolute Gasteiger partial charge is 0.349 e. The predicted molar refractivity (Wildman–Crippen MR) is 190 cm³/mol. The van der Waals surface area contributed by atoms with Crippen LogP contribution in [0.2, 0.25) is 0 Å². The fraction of sp³-hybridized carbons (Fsp3) is 0.300. The average Bonchev–Trinajstić information content (AvgIpc) is 3.47. The monoisotopic (exact) mass is 718 g/mol. The lowest BCUT2D eigenvalue weighted by molar-refractivity contribution is -0.196. The lowest BCUT2D eigenvalue weighted by Crippen LogP contribution is -2.41. The molecule has 53 heavy (non-hydrogen) atoms. The van der Waals surface area contributed by atoms with Gasteiger partial charge in [0.1, 0.15) is 12.3 Å². The van der Waals surface area contributed by atoms with Gasteiger partial charge in [0.25, 0.3) is 11.8 Å². The second-order valence-electron chi connectivity index (χ2n) is 12.6. The third-order valence-electron chi connectivity index (χ3n) is 8.68. The van der Waals surface area contributed by atoms with Gasteiger partial charge in [-0.3, -0.25) is 33.6 Å². The summed E-state index contributed by atoms with van der Waals surface area (Å²) in [6.07, 6.45) is -0.692. The van der Waals surface area contributed by atoms with Crippen molar-refractivity contribution in [3.05, 3.63) is 101 Å². The zero-order valence-corrected chi connectivity index (χ0v) is 28.9. The SMILES string of the molecule is O=C(CCC(=O)NCC(=O)C[C@@H](Cc1ccccc1)C(=O)NCC(=O)ON1C(=O)CCC1=O)CCC(=O)N1Cc2ccccc2C#Cc2ccccc21. The number of nitrogens with one attached hydrogen (secondary N) is 2. The molecule has 5 amide bonds. The van der Waals surface area contributed by atoms with Crippen molar-refractivity contribution in [1.29, 1.82) is 0 Å². The van der Waals surface area contributed by atoms with Gasteiger partial charge in [0.05, 0.1) is 18.8 Å². The van der Waals surface area contributed by atoms with E-state index < -0.39 is 47.8 Å². The number of Topliss-reactive ketones (excluding diaryl/α,β-unsaturated/α-hetero) is 2. The van der Waals surface area contributed by atoms with Crippen LogP contribution in [0.25, 0.3) is 0 Å². The van der Waals surface area contributed by atoms with Gasteiger partial charge < -0.3 is 20.4 Å². The van der Waals surface area contributed by atoms with E-state index >= 15 is 0 Å². The van der Waals surface area contributed by atoms with Crippen molar-refractivity contribution in [2.24, 2.45) is 5.92 Å². The molecule has 272 valence electrons. The highest BCUT2D eigenvalue weighted by Crippen LogP contribution is 2.26. The standard InChI is InChI=1S/C40H38N4O9/c45-32(17-19-36(48)43-26-30-12-5-4-10-28(30)14-15-29-11-6-7-13-34(29)43)16-18-35(47)41-24-33(46)23-31(22-27-8-2-1-3-9-27)40(52)42-25-39(51)53-44-37(49)20-21-38(44)50/h1-13,31H,16-26H2,(H,41,47)(H,42,52)/t31-/m1/s1. The number of ketones is 2. The van der Waals surface area contributed by atoms with Crippen molar-refractivity contribution < 1.29 is 43.2 Å². The van der Waals surface area contributed by atoms with Gasteiger partial charge in [-0.25, -0.2) is 4.79 Å². The maximum Gasteiger partial charge on any atom is 0.352 e. The first kappa shape index (κ1) is 37.8. The minimum Gasteiger partial charge on any atom is -0.349 e. The van der Waals surface area contributed by atoms with E-state index in [9.17, 15) is 38.4 Å². The molecule has 0 unspecified atom stereocenters. The molecule has 2 aliphatic rings.